The minimum absolute atomic E-state index is 0.128. The number of benzene rings is 1. The van der Waals surface area contributed by atoms with Crippen molar-refractivity contribution in [2.24, 2.45) is 0 Å². The van der Waals surface area contributed by atoms with Crippen LogP contribution < -0.4 is 4.72 Å². The molecule has 2 rings (SSSR count). The van der Waals surface area contributed by atoms with Crippen LogP contribution in [0.2, 0.25) is 0 Å². The summed E-state index contributed by atoms with van der Waals surface area (Å²) >= 11 is 0. The fourth-order valence-corrected chi connectivity index (χ4v) is 3.64. The van der Waals surface area contributed by atoms with Gasteiger partial charge in [-0.05, 0) is 24.8 Å². The van der Waals surface area contributed by atoms with E-state index in [9.17, 15) is 18.3 Å². The molecule has 0 bridgehead atoms. The van der Waals surface area contributed by atoms with Crippen LogP contribution in [-0.2, 0) is 21.4 Å². The van der Waals surface area contributed by atoms with Gasteiger partial charge in [0.1, 0.15) is 6.04 Å². The van der Waals surface area contributed by atoms with Crippen LogP contribution in [0.25, 0.3) is 0 Å². The molecule has 0 aromatic heterocycles. The van der Waals surface area contributed by atoms with Gasteiger partial charge in [0.25, 0.3) is 10.2 Å². The van der Waals surface area contributed by atoms with Gasteiger partial charge in [0.05, 0.1) is 0 Å². The lowest BCUT2D eigenvalue weighted by atomic mass is 10.1. The van der Waals surface area contributed by atoms with Gasteiger partial charge in [-0.1, -0.05) is 30.3 Å². The van der Waals surface area contributed by atoms with Crippen LogP contribution >= 0.6 is 0 Å². The van der Waals surface area contributed by atoms with E-state index in [2.05, 4.69) is 4.72 Å². The van der Waals surface area contributed by atoms with Gasteiger partial charge in [-0.25, -0.2) is 0 Å². The molecule has 1 aliphatic rings. The molecule has 0 amide bonds. The zero-order chi connectivity index (χ0) is 14.6. The van der Waals surface area contributed by atoms with Gasteiger partial charge in [0.15, 0.2) is 0 Å². The topological polar surface area (TPSA) is 86.7 Å². The Morgan fingerprint density at radius 3 is 2.40 bits per heavy atom. The molecule has 1 aliphatic heterocycles. The molecule has 110 valence electrons. The molecule has 2 N–H and O–H groups in total. The molecule has 0 saturated carbocycles. The third-order valence-corrected chi connectivity index (χ3v) is 4.90. The minimum atomic E-state index is -3.72. The van der Waals surface area contributed by atoms with Crippen molar-refractivity contribution in [2.45, 2.75) is 25.3 Å². The van der Waals surface area contributed by atoms with E-state index < -0.39 is 22.2 Å². The van der Waals surface area contributed by atoms with E-state index in [4.69, 9.17) is 0 Å². The summed E-state index contributed by atoms with van der Waals surface area (Å²) in [6, 6.07) is 7.82. The van der Waals surface area contributed by atoms with Crippen molar-refractivity contribution in [2.75, 3.05) is 13.1 Å². The summed E-state index contributed by atoms with van der Waals surface area (Å²) in [6.07, 6.45) is 1.76. The summed E-state index contributed by atoms with van der Waals surface area (Å²) < 4.78 is 27.8. The van der Waals surface area contributed by atoms with Crippen LogP contribution in [0.3, 0.4) is 0 Å². The second-order valence-electron chi connectivity index (χ2n) is 4.81. The summed E-state index contributed by atoms with van der Waals surface area (Å²) in [5, 5.41) is 9.20. The van der Waals surface area contributed by atoms with Crippen molar-refractivity contribution in [1.82, 2.24) is 9.03 Å². The van der Waals surface area contributed by atoms with Gasteiger partial charge in [0, 0.05) is 13.1 Å². The Morgan fingerprint density at radius 1 is 1.25 bits per heavy atom. The van der Waals surface area contributed by atoms with E-state index in [1.165, 1.54) is 4.31 Å². The number of carboxylic acid groups (broad SMARTS) is 1. The smallest absolute Gasteiger partial charge is 0.322 e. The predicted molar refractivity (Wildman–Crippen MR) is 74.4 cm³/mol. The molecule has 1 saturated heterocycles. The molecule has 0 aliphatic carbocycles. The number of carboxylic acids is 1. The van der Waals surface area contributed by atoms with Gasteiger partial charge < -0.3 is 5.11 Å². The first-order valence-corrected chi connectivity index (χ1v) is 7.97. The van der Waals surface area contributed by atoms with E-state index in [1.54, 1.807) is 24.3 Å². The zero-order valence-corrected chi connectivity index (χ0v) is 11.8. The second kappa shape index (κ2) is 6.34. The van der Waals surface area contributed by atoms with Crippen molar-refractivity contribution >= 4 is 16.2 Å². The highest BCUT2D eigenvalue weighted by Crippen LogP contribution is 2.13. The molecule has 0 radical (unpaired) electrons. The number of hydrogen-bond acceptors (Lipinski definition) is 3. The van der Waals surface area contributed by atoms with Gasteiger partial charge in [-0.15, -0.1) is 0 Å². The molecule has 1 heterocycles. The van der Waals surface area contributed by atoms with Crippen LogP contribution in [0.4, 0.5) is 0 Å². The van der Waals surface area contributed by atoms with Crippen molar-refractivity contribution in [3.63, 3.8) is 0 Å². The van der Waals surface area contributed by atoms with E-state index in [0.717, 1.165) is 18.4 Å². The number of rotatable bonds is 6. The first kappa shape index (κ1) is 15.0. The monoisotopic (exact) mass is 298 g/mol. The number of nitrogens with one attached hydrogen (secondary N) is 1. The van der Waals surface area contributed by atoms with Crippen LogP contribution in [0.1, 0.15) is 18.4 Å². The van der Waals surface area contributed by atoms with E-state index in [-0.39, 0.29) is 6.42 Å². The Labute approximate surface area is 118 Å². The Morgan fingerprint density at radius 2 is 1.85 bits per heavy atom. The first-order chi connectivity index (χ1) is 9.49. The first-order valence-electron chi connectivity index (χ1n) is 6.53. The fraction of sp³-hybridized carbons (Fsp3) is 0.462. The molecule has 1 aromatic rings. The largest absolute Gasteiger partial charge is 0.480 e. The molecule has 7 heteroatoms. The molecule has 1 aromatic carbocycles. The van der Waals surface area contributed by atoms with E-state index >= 15 is 0 Å². The van der Waals surface area contributed by atoms with Gasteiger partial charge in [0.2, 0.25) is 0 Å². The normalized spacial score (nSPS) is 18.0. The van der Waals surface area contributed by atoms with Crippen molar-refractivity contribution < 1.29 is 18.3 Å². The molecule has 20 heavy (non-hydrogen) atoms. The quantitative estimate of drug-likeness (QED) is 0.805. The van der Waals surface area contributed by atoms with Gasteiger partial charge in [-0.3, -0.25) is 4.79 Å². The molecular weight excluding hydrogens is 280 g/mol. The summed E-state index contributed by atoms with van der Waals surface area (Å²) in [5.74, 6) is -1.17. The SMILES string of the molecule is O=C(O)[C@H](Cc1ccccc1)NS(=O)(=O)N1CCCC1. The number of aliphatic carboxylic acids is 1. The third-order valence-electron chi connectivity index (χ3n) is 3.28. The molecule has 0 unspecified atom stereocenters. The number of carbonyl (C=O) groups is 1. The summed E-state index contributed by atoms with van der Waals surface area (Å²) in [4.78, 5) is 11.3. The maximum atomic E-state index is 12.1. The van der Waals surface area contributed by atoms with E-state index in [1.807, 2.05) is 6.07 Å². The molecular formula is C13H18N2O4S. The Kier molecular flexibility index (Phi) is 4.74. The summed E-state index contributed by atoms with van der Waals surface area (Å²) in [6.45, 7) is 0.903. The lowest BCUT2D eigenvalue weighted by Gasteiger charge is -2.20. The lowest BCUT2D eigenvalue weighted by molar-refractivity contribution is -0.138. The highest BCUT2D eigenvalue weighted by molar-refractivity contribution is 7.87. The summed E-state index contributed by atoms with van der Waals surface area (Å²) in [7, 11) is -3.72. The highest BCUT2D eigenvalue weighted by atomic mass is 32.2. The van der Waals surface area contributed by atoms with Gasteiger partial charge >= 0.3 is 5.97 Å². The fourth-order valence-electron chi connectivity index (χ4n) is 2.21. The lowest BCUT2D eigenvalue weighted by Crippen LogP contribution is -2.48. The summed E-state index contributed by atoms with van der Waals surface area (Å²) in [5.41, 5.74) is 0.782. The molecule has 1 atom stereocenters. The Hall–Kier alpha value is -1.44. The van der Waals surface area contributed by atoms with Crippen LogP contribution in [0, 0.1) is 0 Å². The highest BCUT2D eigenvalue weighted by Gasteiger charge is 2.30. The molecule has 6 nitrogen and oxygen atoms in total. The maximum Gasteiger partial charge on any atom is 0.322 e. The van der Waals surface area contributed by atoms with Crippen LogP contribution in [-0.4, -0.2) is 42.9 Å². The zero-order valence-electron chi connectivity index (χ0n) is 11.0. The Bertz CT molecular complexity index is 553. The van der Waals surface area contributed by atoms with Crippen LogP contribution in [0.5, 0.6) is 0 Å². The number of nitrogens with zero attached hydrogens (tertiary/aromatic N) is 1. The standard InChI is InChI=1S/C13H18N2O4S/c16-13(17)12(10-11-6-2-1-3-7-11)14-20(18,19)15-8-4-5-9-15/h1-3,6-7,12,14H,4-5,8-10H2,(H,16,17)/t12-/m0/s1. The van der Waals surface area contributed by atoms with Crippen molar-refractivity contribution in [1.29, 1.82) is 0 Å². The third kappa shape index (κ3) is 3.78. The van der Waals surface area contributed by atoms with Crippen LogP contribution in [0.15, 0.2) is 30.3 Å². The van der Waals surface area contributed by atoms with Gasteiger partial charge in [-0.2, -0.15) is 17.4 Å². The molecule has 0 spiro atoms. The predicted octanol–water partition coefficient (Wildman–Crippen LogP) is 0.613. The number of hydrogen-bond donors (Lipinski definition) is 2. The second-order valence-corrected chi connectivity index (χ2v) is 6.51. The average molecular weight is 298 g/mol. The average Bonchev–Trinajstić information content (AvgIpc) is 2.93. The van der Waals surface area contributed by atoms with E-state index in [0.29, 0.717) is 13.1 Å². The maximum absolute atomic E-state index is 12.1. The molecule has 1 fully saturated rings. The Balaban J connectivity index is 2.08. The minimum Gasteiger partial charge on any atom is -0.480 e. The van der Waals surface area contributed by atoms with Crippen molar-refractivity contribution in [3.05, 3.63) is 35.9 Å². The van der Waals surface area contributed by atoms with Crippen molar-refractivity contribution in [3.8, 4) is 0 Å².